The number of aliphatic hydroxyl groups excluding tert-OH is 1. The van der Waals surface area contributed by atoms with Crippen molar-refractivity contribution in [1.29, 1.82) is 0 Å². The third-order valence-corrected chi connectivity index (χ3v) is 10.4. The number of pyridine rings is 1. The van der Waals surface area contributed by atoms with Crippen LogP contribution < -0.4 is 15.6 Å². The number of carbonyl (C=O) groups excluding carboxylic acids is 2. The van der Waals surface area contributed by atoms with Crippen molar-refractivity contribution in [3.63, 3.8) is 0 Å². The van der Waals surface area contributed by atoms with Gasteiger partial charge in [-0.2, -0.15) is 0 Å². The molecule has 2 fully saturated rings. The Morgan fingerprint density at radius 1 is 0.926 bits per heavy atom. The first-order valence-corrected chi connectivity index (χ1v) is 17.7. The van der Waals surface area contributed by atoms with Crippen molar-refractivity contribution in [2.45, 2.75) is 30.7 Å². The van der Waals surface area contributed by atoms with Crippen LogP contribution in [0.1, 0.15) is 45.1 Å². The third kappa shape index (κ3) is 7.16. The van der Waals surface area contributed by atoms with Gasteiger partial charge in [0.05, 0.1) is 17.7 Å². The smallest absolute Gasteiger partial charge is 0.345 e. The van der Waals surface area contributed by atoms with E-state index in [2.05, 4.69) is 10.3 Å². The Hall–Kier alpha value is -6.02. The predicted octanol–water partition coefficient (Wildman–Crippen LogP) is 3.13. The summed E-state index contributed by atoms with van der Waals surface area (Å²) >= 11 is 0. The van der Waals surface area contributed by atoms with Crippen LogP contribution in [0.4, 0.5) is 0 Å². The molecular formula is C41H40N4O9. The van der Waals surface area contributed by atoms with Crippen LogP contribution in [0.25, 0.3) is 10.9 Å². The summed E-state index contributed by atoms with van der Waals surface area (Å²) in [6, 6.07) is 27.2. The lowest BCUT2D eigenvalue weighted by atomic mass is 9.86. The van der Waals surface area contributed by atoms with E-state index in [1.165, 1.54) is 36.4 Å². The molecule has 2 amide bonds. The van der Waals surface area contributed by atoms with Crippen LogP contribution in [0, 0.1) is 5.92 Å². The van der Waals surface area contributed by atoms with E-state index in [0.717, 1.165) is 12.0 Å². The van der Waals surface area contributed by atoms with Gasteiger partial charge < -0.3 is 45.3 Å². The van der Waals surface area contributed by atoms with Crippen LogP contribution in [-0.2, 0) is 21.7 Å². The molecule has 1 aromatic heterocycles. The van der Waals surface area contributed by atoms with Crippen LogP contribution in [0.3, 0.4) is 0 Å². The summed E-state index contributed by atoms with van der Waals surface area (Å²) in [4.78, 5) is 56.9. The average Bonchev–Trinajstić information content (AvgIpc) is 3.79. The van der Waals surface area contributed by atoms with Crippen LogP contribution >= 0.6 is 0 Å². The number of H-pyrrole nitrogens is 1. The van der Waals surface area contributed by atoms with Crippen molar-refractivity contribution in [2.24, 2.45) is 5.92 Å². The van der Waals surface area contributed by atoms with Crippen molar-refractivity contribution < 1.29 is 39.5 Å². The molecule has 0 unspecified atom stereocenters. The number of nitrogens with zero attached hydrogens (tertiary/aromatic N) is 2. The number of carboxylic acids is 1. The van der Waals surface area contributed by atoms with Crippen molar-refractivity contribution in [1.82, 2.24) is 20.1 Å². The zero-order chi connectivity index (χ0) is 38.0. The second kappa shape index (κ2) is 15.1. The molecule has 0 bridgehead atoms. The van der Waals surface area contributed by atoms with Crippen molar-refractivity contribution >= 4 is 28.7 Å². The molecule has 0 aliphatic carbocycles. The molecule has 2 saturated heterocycles. The zero-order valence-electron chi connectivity index (χ0n) is 29.2. The van der Waals surface area contributed by atoms with E-state index in [1.54, 1.807) is 64.4 Å². The summed E-state index contributed by atoms with van der Waals surface area (Å²) in [7, 11) is 0. The fourth-order valence-corrected chi connectivity index (χ4v) is 7.53. The number of fused-ring (bicyclic) bond motifs is 2. The topological polar surface area (TPSA) is 193 Å². The highest BCUT2D eigenvalue weighted by Crippen LogP contribution is 2.34. The number of ether oxygens (including phenoxy) is 1. The summed E-state index contributed by atoms with van der Waals surface area (Å²) in [5.74, 6) is -1.49. The number of nitrogens with one attached hydrogen (secondary N) is 2. The van der Waals surface area contributed by atoms with Gasteiger partial charge in [0.15, 0.2) is 6.61 Å². The standard InChI is InChI=1S/C41H40N4O9/c46-34-15-13-31(32-14-16-36(48)43-38(32)34)35(47)21-42-20-25-9-11-26(12-10-25)39(50)44-22-27-17-18-45(33(27)23-44)37(49)24-54-30-8-4-7-29(19-30)41(53,40(51)52)28-5-2-1-3-6-28/h1-16,19,27,33,35,42,46-47,53H,17-18,20-24H2,(H,43,48)(H,51,52)/t27-,33+,35-,41-/m0/s1. The number of rotatable bonds is 12. The highest BCUT2D eigenvalue weighted by molar-refractivity contribution is 5.94. The number of hydrogen-bond donors (Lipinski definition) is 6. The summed E-state index contributed by atoms with van der Waals surface area (Å²) in [5, 5.41) is 45.9. The van der Waals surface area contributed by atoms with E-state index < -0.39 is 17.7 Å². The van der Waals surface area contributed by atoms with E-state index in [4.69, 9.17) is 4.74 Å². The van der Waals surface area contributed by atoms with Gasteiger partial charge in [0.2, 0.25) is 11.2 Å². The van der Waals surface area contributed by atoms with Crippen LogP contribution in [0.5, 0.6) is 11.5 Å². The number of phenolic OH excluding ortho intramolecular Hbond substituents is 1. The Bertz CT molecular complexity index is 2240. The lowest BCUT2D eigenvalue weighted by Gasteiger charge is -2.26. The SMILES string of the molecule is O=C(c1ccc(CNC[C@H](O)c2ccc(O)c3[nH]c(=O)ccc23)cc1)N1C[C@@H]2CCN(C(=O)COc3cccc([C@](O)(C(=O)O)c4ccccc4)c3)[C@@H]2C1. The first kappa shape index (κ1) is 36.3. The number of aromatic nitrogens is 1. The first-order chi connectivity index (χ1) is 26.0. The fraction of sp³-hybridized carbons (Fsp3) is 0.268. The van der Waals surface area contributed by atoms with Gasteiger partial charge in [-0.15, -0.1) is 0 Å². The second-order valence-corrected chi connectivity index (χ2v) is 13.7. The molecule has 13 nitrogen and oxygen atoms in total. The molecule has 0 spiro atoms. The number of phenols is 1. The monoisotopic (exact) mass is 732 g/mol. The Morgan fingerprint density at radius 2 is 1.69 bits per heavy atom. The zero-order valence-corrected chi connectivity index (χ0v) is 29.2. The number of aromatic hydroxyl groups is 1. The number of carbonyl (C=O) groups is 3. The summed E-state index contributed by atoms with van der Waals surface area (Å²) in [6.45, 7) is 1.84. The van der Waals surface area contributed by atoms with Crippen LogP contribution in [0.2, 0.25) is 0 Å². The Morgan fingerprint density at radius 3 is 2.44 bits per heavy atom. The number of aliphatic carboxylic acids is 1. The van der Waals surface area contributed by atoms with Crippen molar-refractivity contribution in [2.75, 3.05) is 32.8 Å². The number of hydrogen-bond acceptors (Lipinski definition) is 9. The first-order valence-electron chi connectivity index (χ1n) is 17.7. The third-order valence-electron chi connectivity index (χ3n) is 10.4. The van der Waals surface area contributed by atoms with Gasteiger partial charge in [0.1, 0.15) is 11.5 Å². The normalized spacial score (nSPS) is 18.3. The lowest BCUT2D eigenvalue weighted by Crippen LogP contribution is -2.42. The van der Waals surface area contributed by atoms with Crippen molar-refractivity contribution in [3.05, 3.63) is 141 Å². The molecular weight excluding hydrogens is 692 g/mol. The van der Waals surface area contributed by atoms with Crippen LogP contribution in [-0.4, -0.2) is 91.8 Å². The number of aromatic amines is 1. The molecule has 4 atom stereocenters. The molecule has 4 aromatic carbocycles. The fourth-order valence-electron chi connectivity index (χ4n) is 7.53. The molecule has 13 heteroatoms. The molecule has 0 radical (unpaired) electrons. The van der Waals surface area contributed by atoms with Crippen molar-refractivity contribution in [3.8, 4) is 11.5 Å². The Kier molecular flexibility index (Phi) is 10.2. The van der Waals surface area contributed by atoms with Gasteiger partial charge in [0.25, 0.3) is 11.8 Å². The second-order valence-electron chi connectivity index (χ2n) is 13.7. The number of aliphatic hydroxyl groups is 2. The number of benzene rings is 4. The van der Waals surface area contributed by atoms with Gasteiger partial charge in [-0.3, -0.25) is 14.4 Å². The Labute approximate surface area is 310 Å². The molecule has 7 rings (SSSR count). The minimum atomic E-state index is -2.30. The minimum absolute atomic E-state index is 0.0753. The Balaban J connectivity index is 0.914. The molecule has 5 aromatic rings. The van der Waals surface area contributed by atoms with E-state index in [1.807, 2.05) is 12.1 Å². The summed E-state index contributed by atoms with van der Waals surface area (Å²) in [5.41, 5.74) is -0.0892. The highest BCUT2D eigenvalue weighted by atomic mass is 16.5. The quantitative estimate of drug-likeness (QED) is 0.111. The summed E-state index contributed by atoms with van der Waals surface area (Å²) in [6.07, 6.45) is -0.142. The van der Waals surface area contributed by atoms with E-state index >= 15 is 0 Å². The number of amides is 2. The van der Waals surface area contributed by atoms with E-state index in [9.17, 15) is 39.6 Å². The average molecular weight is 733 g/mol. The minimum Gasteiger partial charge on any atom is -0.506 e. The molecule has 3 heterocycles. The largest absolute Gasteiger partial charge is 0.506 e. The van der Waals surface area contributed by atoms with E-state index in [0.29, 0.717) is 42.7 Å². The highest BCUT2D eigenvalue weighted by Gasteiger charge is 2.45. The van der Waals surface area contributed by atoms with Gasteiger partial charge in [-0.1, -0.05) is 60.7 Å². The van der Waals surface area contributed by atoms with Gasteiger partial charge in [0, 0.05) is 61.2 Å². The maximum atomic E-state index is 13.5. The number of likely N-dealkylation sites (tertiary alicyclic amines) is 2. The summed E-state index contributed by atoms with van der Waals surface area (Å²) < 4.78 is 5.81. The molecule has 6 N–H and O–H groups in total. The lowest BCUT2D eigenvalue weighted by molar-refractivity contribution is -0.155. The molecule has 278 valence electrons. The molecule has 0 saturated carbocycles. The van der Waals surface area contributed by atoms with Gasteiger partial charge >= 0.3 is 5.97 Å². The van der Waals surface area contributed by atoms with Gasteiger partial charge in [-0.25, -0.2) is 4.79 Å². The van der Waals surface area contributed by atoms with E-state index in [-0.39, 0.29) is 70.6 Å². The van der Waals surface area contributed by atoms with Gasteiger partial charge in [-0.05, 0) is 59.5 Å². The molecule has 2 aliphatic rings. The predicted molar refractivity (Wildman–Crippen MR) is 198 cm³/mol. The number of carboxylic acid groups (broad SMARTS) is 1. The maximum absolute atomic E-state index is 13.5. The maximum Gasteiger partial charge on any atom is 0.345 e. The van der Waals surface area contributed by atoms with Crippen LogP contribution in [0.15, 0.2) is 108 Å². The molecule has 54 heavy (non-hydrogen) atoms. The molecule has 2 aliphatic heterocycles.